The lowest BCUT2D eigenvalue weighted by Crippen LogP contribution is -2.41. The van der Waals surface area contributed by atoms with Crippen LogP contribution in [-0.4, -0.2) is 37.6 Å². The number of ether oxygens (including phenoxy) is 2. The van der Waals surface area contributed by atoms with Crippen molar-refractivity contribution in [3.63, 3.8) is 0 Å². The molecule has 0 bridgehead atoms. The Balaban J connectivity index is 2.00. The zero-order valence-corrected chi connectivity index (χ0v) is 9.34. The van der Waals surface area contributed by atoms with Crippen LogP contribution in [0.3, 0.4) is 0 Å². The number of hydrogen-bond donors (Lipinski definition) is 0. The van der Waals surface area contributed by atoms with Crippen LogP contribution in [0.25, 0.3) is 0 Å². The van der Waals surface area contributed by atoms with Crippen LogP contribution in [0.5, 0.6) is 0 Å². The maximum atomic E-state index is 11.7. The number of esters is 2. The highest BCUT2D eigenvalue weighted by molar-refractivity contribution is 6.15. The first kappa shape index (κ1) is 10.9. The molecule has 1 amide bonds. The summed E-state index contributed by atoms with van der Waals surface area (Å²) < 4.78 is 9.52. The van der Waals surface area contributed by atoms with Gasteiger partial charge in [-0.3, -0.25) is 4.79 Å². The van der Waals surface area contributed by atoms with E-state index in [0.29, 0.717) is 18.8 Å². The van der Waals surface area contributed by atoms with Crippen molar-refractivity contribution >= 4 is 23.5 Å². The molecule has 0 aliphatic carbocycles. The number of nitrogens with zero attached hydrogens (tertiary/aromatic N) is 1. The average molecular weight is 247 g/mol. The van der Waals surface area contributed by atoms with E-state index in [2.05, 4.69) is 4.74 Å². The van der Waals surface area contributed by atoms with Gasteiger partial charge >= 0.3 is 11.9 Å². The van der Waals surface area contributed by atoms with Crippen LogP contribution in [0.4, 0.5) is 5.69 Å². The zero-order valence-electron chi connectivity index (χ0n) is 9.34. The molecule has 1 saturated heterocycles. The van der Waals surface area contributed by atoms with Gasteiger partial charge in [0.1, 0.15) is 6.61 Å². The van der Waals surface area contributed by atoms with Crippen molar-refractivity contribution in [1.29, 1.82) is 0 Å². The molecular formula is C12H9NO5. The van der Waals surface area contributed by atoms with Crippen molar-refractivity contribution < 1.29 is 23.9 Å². The van der Waals surface area contributed by atoms with Crippen LogP contribution in [-0.2, 0) is 14.3 Å². The second-order valence-electron chi connectivity index (χ2n) is 4.00. The number of carbonyl (C=O) groups is 3. The van der Waals surface area contributed by atoms with E-state index in [1.807, 2.05) is 0 Å². The molecule has 6 nitrogen and oxygen atoms in total. The Morgan fingerprint density at radius 3 is 2.61 bits per heavy atom. The molecule has 18 heavy (non-hydrogen) atoms. The molecular weight excluding hydrogens is 238 g/mol. The van der Waals surface area contributed by atoms with Crippen LogP contribution in [0.15, 0.2) is 18.2 Å². The second kappa shape index (κ2) is 3.92. The van der Waals surface area contributed by atoms with Gasteiger partial charge in [0.15, 0.2) is 0 Å². The fraction of sp³-hybridized carbons (Fsp3) is 0.250. The largest absolute Gasteiger partial charge is 0.386 e. The van der Waals surface area contributed by atoms with E-state index in [4.69, 9.17) is 4.74 Å². The van der Waals surface area contributed by atoms with E-state index >= 15 is 0 Å². The Hall–Kier alpha value is -2.21. The third-order valence-electron chi connectivity index (χ3n) is 2.93. The normalized spacial score (nSPS) is 18.9. The number of fused-ring (bicyclic) bond motifs is 1. The molecule has 0 spiro atoms. The molecule has 0 N–H and O–H groups in total. The molecule has 1 aromatic carbocycles. The molecule has 0 saturated carbocycles. The third kappa shape index (κ3) is 1.58. The Morgan fingerprint density at radius 1 is 1.06 bits per heavy atom. The molecule has 0 atom stereocenters. The Bertz CT molecular complexity index is 566. The lowest BCUT2D eigenvalue weighted by atomic mass is 10.1. The topological polar surface area (TPSA) is 72.9 Å². The Kier molecular flexibility index (Phi) is 2.38. The molecule has 3 rings (SSSR count). The van der Waals surface area contributed by atoms with E-state index < -0.39 is 11.9 Å². The van der Waals surface area contributed by atoms with E-state index in [1.54, 1.807) is 6.07 Å². The summed E-state index contributed by atoms with van der Waals surface area (Å²) in [7, 11) is 0. The van der Waals surface area contributed by atoms with Crippen LogP contribution in [0.2, 0.25) is 0 Å². The first-order chi connectivity index (χ1) is 8.66. The van der Waals surface area contributed by atoms with Crippen LogP contribution in [0.1, 0.15) is 20.7 Å². The van der Waals surface area contributed by atoms with Gasteiger partial charge in [-0.2, -0.15) is 0 Å². The molecule has 1 fully saturated rings. The first-order valence-electron chi connectivity index (χ1n) is 5.45. The number of carbonyl (C=O) groups excluding carboxylic acids is 3. The lowest BCUT2D eigenvalue weighted by molar-refractivity contribution is -0.125. The summed E-state index contributed by atoms with van der Waals surface area (Å²) in [5.74, 6) is -1.48. The maximum absolute atomic E-state index is 11.7. The van der Waals surface area contributed by atoms with Gasteiger partial charge in [-0.15, -0.1) is 0 Å². The van der Waals surface area contributed by atoms with E-state index in [0.717, 1.165) is 0 Å². The van der Waals surface area contributed by atoms with Gasteiger partial charge < -0.3 is 14.4 Å². The van der Waals surface area contributed by atoms with Gasteiger partial charge in [-0.25, -0.2) is 9.59 Å². The number of morpholine rings is 1. The Labute approximate surface area is 102 Å². The molecule has 0 unspecified atom stereocenters. The van der Waals surface area contributed by atoms with E-state index in [-0.39, 0.29) is 23.6 Å². The number of hydrogen-bond acceptors (Lipinski definition) is 5. The first-order valence-corrected chi connectivity index (χ1v) is 5.45. The second-order valence-corrected chi connectivity index (χ2v) is 4.00. The highest BCUT2D eigenvalue weighted by Gasteiger charge is 2.31. The summed E-state index contributed by atoms with van der Waals surface area (Å²) in [6.45, 7) is 0.910. The fourth-order valence-corrected chi connectivity index (χ4v) is 2.03. The molecule has 1 aromatic rings. The molecule has 2 aliphatic rings. The van der Waals surface area contributed by atoms with Gasteiger partial charge in [0, 0.05) is 12.2 Å². The van der Waals surface area contributed by atoms with Crippen molar-refractivity contribution in [2.45, 2.75) is 0 Å². The summed E-state index contributed by atoms with van der Waals surface area (Å²) in [6.07, 6.45) is 0. The van der Waals surface area contributed by atoms with Crippen LogP contribution < -0.4 is 4.90 Å². The predicted molar refractivity (Wildman–Crippen MR) is 59.4 cm³/mol. The fourth-order valence-electron chi connectivity index (χ4n) is 2.03. The van der Waals surface area contributed by atoms with Crippen molar-refractivity contribution in [3.05, 3.63) is 29.3 Å². The minimum atomic E-state index is -0.669. The number of anilines is 1. The minimum absolute atomic E-state index is 0.0282. The van der Waals surface area contributed by atoms with E-state index in [9.17, 15) is 14.4 Å². The van der Waals surface area contributed by atoms with Crippen molar-refractivity contribution in [2.24, 2.45) is 0 Å². The molecule has 0 aromatic heterocycles. The highest BCUT2D eigenvalue weighted by atomic mass is 16.6. The predicted octanol–water partition coefficient (Wildman–Crippen LogP) is 0.360. The number of amides is 1. The van der Waals surface area contributed by atoms with Gasteiger partial charge in [0.2, 0.25) is 0 Å². The highest BCUT2D eigenvalue weighted by Crippen LogP contribution is 2.26. The molecule has 2 aliphatic heterocycles. The smallest absolute Gasteiger partial charge is 0.346 e. The summed E-state index contributed by atoms with van der Waals surface area (Å²) in [4.78, 5) is 35.9. The van der Waals surface area contributed by atoms with Gasteiger partial charge in [-0.1, -0.05) is 0 Å². The number of cyclic esters (lactones) is 2. The summed E-state index contributed by atoms with van der Waals surface area (Å²) in [6, 6.07) is 4.63. The van der Waals surface area contributed by atoms with Crippen LogP contribution in [0, 0.1) is 0 Å². The van der Waals surface area contributed by atoms with Gasteiger partial charge in [0.05, 0.1) is 17.7 Å². The molecule has 92 valence electrons. The van der Waals surface area contributed by atoms with Crippen LogP contribution >= 0.6 is 0 Å². The minimum Gasteiger partial charge on any atom is -0.386 e. The third-order valence-corrected chi connectivity index (χ3v) is 2.93. The summed E-state index contributed by atoms with van der Waals surface area (Å²) in [5.41, 5.74) is 1.02. The lowest BCUT2D eigenvalue weighted by Gasteiger charge is -2.26. The average Bonchev–Trinajstić information content (AvgIpc) is 2.65. The Morgan fingerprint density at radius 2 is 1.83 bits per heavy atom. The van der Waals surface area contributed by atoms with Gasteiger partial charge in [0.25, 0.3) is 5.91 Å². The summed E-state index contributed by atoms with van der Waals surface area (Å²) >= 11 is 0. The molecule has 6 heteroatoms. The SMILES string of the molecule is O=C1OC(=O)c2cc(N3CCOCC3=O)ccc21. The molecule has 0 radical (unpaired) electrons. The van der Waals surface area contributed by atoms with Crippen molar-refractivity contribution in [1.82, 2.24) is 0 Å². The quantitative estimate of drug-likeness (QED) is 0.529. The van der Waals surface area contributed by atoms with Crippen molar-refractivity contribution in [2.75, 3.05) is 24.7 Å². The standard InChI is InChI=1S/C12H9NO5/c14-10-6-17-4-3-13(10)7-1-2-8-9(5-7)12(16)18-11(8)15/h1-2,5H,3-4,6H2. The van der Waals surface area contributed by atoms with E-state index in [1.165, 1.54) is 17.0 Å². The van der Waals surface area contributed by atoms with Gasteiger partial charge in [-0.05, 0) is 18.2 Å². The zero-order chi connectivity index (χ0) is 12.7. The monoisotopic (exact) mass is 247 g/mol. The summed E-state index contributed by atoms with van der Waals surface area (Å²) in [5, 5.41) is 0. The number of benzene rings is 1. The maximum Gasteiger partial charge on any atom is 0.346 e. The number of rotatable bonds is 1. The van der Waals surface area contributed by atoms with Crippen molar-refractivity contribution in [3.8, 4) is 0 Å². The molecule has 2 heterocycles.